The normalized spacial score (nSPS) is 14.6. The number of para-hydroxylation sites is 3. The van der Waals surface area contributed by atoms with Crippen LogP contribution in [0, 0.1) is 34.0 Å². The average Bonchev–Trinajstić information content (AvgIpc) is 1.69. The third kappa shape index (κ3) is 58.0. The Bertz CT molecular complexity index is 4370. The lowest BCUT2D eigenvalue weighted by Crippen LogP contribution is -2.49. The first-order valence-corrected chi connectivity index (χ1v) is 53.7. The van der Waals surface area contributed by atoms with Gasteiger partial charge in [-0.2, -0.15) is 29.8 Å². The highest BCUT2D eigenvalue weighted by atomic mass is 15.6. The molecule has 0 aliphatic carbocycles. The van der Waals surface area contributed by atoms with Gasteiger partial charge in [-0.15, -0.1) is 0 Å². The number of nitriles is 3. The van der Waals surface area contributed by atoms with E-state index in [9.17, 15) is 15.8 Å². The number of nitrogens with zero attached hydrogens (tertiary/aromatic N) is 24. The Morgan fingerprint density at radius 3 is 0.514 bits per heavy atom. The molecule has 3 aromatic heterocycles. The second kappa shape index (κ2) is 105. The van der Waals surface area contributed by atoms with Gasteiger partial charge in [0.05, 0.1) is 52.0 Å². The Balaban J connectivity index is -0.000000169. The zero-order chi connectivity index (χ0) is 116. The number of allylic oxidation sites excluding steroid dienone is 3. The van der Waals surface area contributed by atoms with Crippen LogP contribution in [0.4, 0.5) is 17.8 Å². The van der Waals surface area contributed by atoms with Gasteiger partial charge in [-0.05, 0) is 223 Å². The SMILES string of the molecule is C.C.C.C.C.C.CC.CC.CC.CC.CC.CC.CC.CC.CC.CC.CC.CC(C)N1CCC(=C(C#N)c2ccccc2)CC1.CC(C)N1CCC(=C(C#N)c2ccccc2)CC1.CC(C)N1CCC(=C(C#N)c2ccccc2)CC1.CC(C)N1CCN(c2nnnn2-c2ccccc2)CC1.CC(C)N1CCN(c2nnnn2-c2ccccc2)CC1.CC(C)N1CCN(c2nnnn2-c2ccccc2)CC1.[2H]C([2H])([2H])C.[2H]C([2H])([2H])C.[2H]C([2H])([2H])C. The van der Waals surface area contributed by atoms with Crippen molar-refractivity contribution in [1.29, 1.82) is 15.8 Å². The van der Waals surface area contributed by atoms with Crippen molar-refractivity contribution >= 4 is 34.6 Å². The molecule has 0 atom stereocenters. The minimum absolute atomic E-state index is 0. The molecule has 24 heteroatoms. The van der Waals surface area contributed by atoms with Crippen LogP contribution in [0.15, 0.2) is 199 Å². The standard InChI is InChI=1S/3C16H20N2.3C14H20N6.14C2H6.6CH4/c3*1-13(2)18-10-8-15(9-11-18)16(12-17)14-6-4-3-5-7-14;3*1-12(2)18-8-10-19(11-9-18)14-15-16-17-20(14)13-6-4-3-5-7-13;14*1-2;;;;;;/h3*3-7,13H,8-11H2,1-2H3;3*3-7,12H,8-11H2,1-2H3;14*1-2H3;6*1H4/i;;;;;;3*1D3;;;;;;;;;;;;;;;;;. The topological polar surface area (TPSA) is 231 Å². The number of anilines is 3. The summed E-state index contributed by atoms with van der Waals surface area (Å²) in [5.74, 6) is 2.50. The molecule has 9 heterocycles. The molecule has 15 rings (SSSR count). The summed E-state index contributed by atoms with van der Waals surface area (Å²) in [7, 11) is 0. The molecule has 6 aliphatic rings. The maximum absolute atomic E-state index is 9.39. The van der Waals surface area contributed by atoms with Gasteiger partial charge in [0, 0.05) is 166 Å². The Hall–Kier alpha value is -10.6. The molecule has 6 saturated heterocycles. The summed E-state index contributed by atoms with van der Waals surface area (Å²) < 4.78 is 61.9. The van der Waals surface area contributed by atoms with E-state index in [1.165, 1.54) is 37.5 Å². The van der Waals surface area contributed by atoms with Crippen LogP contribution >= 0.6 is 0 Å². The summed E-state index contributed by atoms with van der Waals surface area (Å²) in [5.41, 5.74) is 12.8. The number of piperidine rings is 3. The number of aromatic nitrogens is 12. The molecule has 0 spiro atoms. The van der Waals surface area contributed by atoms with Crippen LogP contribution in [0.1, 0.15) is 389 Å². The van der Waals surface area contributed by atoms with E-state index in [0.717, 1.165) is 225 Å². The van der Waals surface area contributed by atoms with Gasteiger partial charge >= 0.3 is 0 Å². The molecule has 148 heavy (non-hydrogen) atoms. The van der Waals surface area contributed by atoms with Gasteiger partial charge in [0.15, 0.2) is 0 Å². The number of tetrazole rings is 3. The summed E-state index contributed by atoms with van der Waals surface area (Å²) >= 11 is 0. The lowest BCUT2D eigenvalue weighted by atomic mass is 9.93. The van der Waals surface area contributed by atoms with Crippen LogP contribution in [0.5, 0.6) is 0 Å². The zero-order valence-corrected chi connectivity index (χ0v) is 96.0. The molecule has 0 bridgehead atoms. The van der Waals surface area contributed by atoms with Crippen molar-refractivity contribution in [2.45, 2.75) is 396 Å². The Kier molecular flexibility index (Phi) is 98.8. The van der Waals surface area contributed by atoms with Crippen LogP contribution < -0.4 is 14.7 Å². The lowest BCUT2D eigenvalue weighted by Gasteiger charge is -2.36. The van der Waals surface area contributed by atoms with Crippen molar-refractivity contribution in [3.63, 3.8) is 0 Å². The van der Waals surface area contributed by atoms with E-state index in [1.54, 1.807) is 0 Å². The van der Waals surface area contributed by atoms with Crippen molar-refractivity contribution in [2.24, 2.45) is 0 Å². The predicted molar refractivity (Wildman–Crippen MR) is 658 cm³/mol. The number of likely N-dealkylation sites (tertiary alicyclic amines) is 3. The predicted octanol–water partition coefficient (Wildman–Crippen LogP) is 32.2. The monoisotopic (exact) mass is 2060 g/mol. The molecular weight excluding hydrogens is 1830 g/mol. The fourth-order valence-corrected chi connectivity index (χ4v) is 15.2. The van der Waals surface area contributed by atoms with E-state index in [-0.39, 0.29) is 44.6 Å². The number of rotatable bonds is 15. The molecule has 24 nitrogen and oxygen atoms in total. The second-order valence-corrected chi connectivity index (χ2v) is 31.3. The molecular formula is C124H228N24. The molecule has 0 saturated carbocycles. The van der Waals surface area contributed by atoms with E-state index in [1.807, 2.05) is 348 Å². The molecule has 0 amide bonds. The van der Waals surface area contributed by atoms with E-state index in [4.69, 9.17) is 12.3 Å². The first kappa shape index (κ1) is 139. The maximum Gasteiger partial charge on any atom is 0.250 e. The minimum atomic E-state index is -1.75. The maximum atomic E-state index is 9.39. The molecule has 0 unspecified atom stereocenters. The first-order valence-electron chi connectivity index (χ1n) is 58.2. The summed E-state index contributed by atoms with van der Waals surface area (Å²) in [5, 5.41) is 64.6. The number of hydrogen-bond donors (Lipinski definition) is 0. The number of benzene rings is 6. The van der Waals surface area contributed by atoms with Gasteiger partial charge in [-0.3, -0.25) is 14.7 Å². The van der Waals surface area contributed by atoms with Crippen molar-refractivity contribution in [1.82, 2.24) is 90.0 Å². The molecule has 6 aromatic carbocycles. The smallest absolute Gasteiger partial charge is 0.250 e. The van der Waals surface area contributed by atoms with E-state index < -0.39 is 20.6 Å². The van der Waals surface area contributed by atoms with Crippen LogP contribution in [0.3, 0.4) is 0 Å². The average molecular weight is 2060 g/mol. The van der Waals surface area contributed by atoms with Crippen molar-refractivity contribution in [3.8, 4) is 35.3 Å². The minimum Gasteiger partial charge on any atom is -0.337 e. The molecule has 6 aliphatic heterocycles. The molecule has 9 aromatic rings. The largest absolute Gasteiger partial charge is 0.337 e. The summed E-state index contributed by atoms with van der Waals surface area (Å²) in [6.45, 7) is 87.7. The Morgan fingerprint density at radius 1 is 0.230 bits per heavy atom. The molecule has 6 fully saturated rings. The van der Waals surface area contributed by atoms with Crippen molar-refractivity contribution < 1.29 is 12.3 Å². The van der Waals surface area contributed by atoms with Crippen LogP contribution in [0.25, 0.3) is 33.8 Å². The highest BCUT2D eigenvalue weighted by molar-refractivity contribution is 5.81. The fourth-order valence-electron chi connectivity index (χ4n) is 15.2. The number of piperazine rings is 3. The lowest BCUT2D eigenvalue weighted by molar-refractivity contribution is 0.208. The van der Waals surface area contributed by atoms with Crippen LogP contribution in [-0.2, 0) is 0 Å². The molecule has 844 valence electrons. The third-order valence-corrected chi connectivity index (χ3v) is 22.3. The van der Waals surface area contributed by atoms with Crippen LogP contribution in [-0.4, -0.2) is 244 Å². The van der Waals surface area contributed by atoms with Crippen LogP contribution in [0.2, 0.25) is 0 Å². The molecule has 0 radical (unpaired) electrons. The van der Waals surface area contributed by atoms with Gasteiger partial charge in [0.2, 0.25) is 17.8 Å². The van der Waals surface area contributed by atoms with E-state index in [0.29, 0.717) is 36.3 Å². The molecule has 0 N–H and O–H groups in total. The van der Waals surface area contributed by atoms with E-state index >= 15 is 0 Å². The number of hydrogen-bond acceptors (Lipinski definition) is 21. The Labute approximate surface area is 927 Å². The third-order valence-electron chi connectivity index (χ3n) is 22.3. The fraction of sp³-hybridized carbons (Fsp3) is 0.613. The highest BCUT2D eigenvalue weighted by Gasteiger charge is 2.29. The highest BCUT2D eigenvalue weighted by Crippen LogP contribution is 2.31. The van der Waals surface area contributed by atoms with Crippen molar-refractivity contribution in [3.05, 3.63) is 215 Å². The summed E-state index contributed by atoms with van der Waals surface area (Å²) in [4.78, 5) is 21.6. The summed E-state index contributed by atoms with van der Waals surface area (Å²) in [6, 6.07) is 71.0. The van der Waals surface area contributed by atoms with Gasteiger partial charge in [-0.25, -0.2) is 0 Å². The van der Waals surface area contributed by atoms with Gasteiger partial charge < -0.3 is 29.4 Å². The Morgan fingerprint density at radius 2 is 0.372 bits per heavy atom. The van der Waals surface area contributed by atoms with Gasteiger partial charge in [-0.1, -0.05) is 399 Å². The van der Waals surface area contributed by atoms with E-state index in [2.05, 4.69) is 192 Å². The quantitative estimate of drug-likeness (QED) is 0.0868. The van der Waals surface area contributed by atoms with Crippen molar-refractivity contribution in [2.75, 3.05) is 133 Å². The zero-order valence-electron chi connectivity index (χ0n) is 105. The second-order valence-electron chi connectivity index (χ2n) is 31.3. The summed E-state index contributed by atoms with van der Waals surface area (Å²) in [6.07, 6.45) is 6.14. The first-order chi connectivity index (χ1) is 72.4. The van der Waals surface area contributed by atoms with Gasteiger partial charge in [0.1, 0.15) is 0 Å². The van der Waals surface area contributed by atoms with Gasteiger partial charge in [0.25, 0.3) is 0 Å².